The molecule has 1 saturated heterocycles. The molecule has 1 unspecified atom stereocenters. The van der Waals surface area contributed by atoms with Crippen molar-refractivity contribution in [2.45, 2.75) is 37.9 Å². The van der Waals surface area contributed by atoms with E-state index in [-0.39, 0.29) is 42.8 Å². The third-order valence-corrected chi connectivity index (χ3v) is 8.87. The molecule has 214 valence electrons. The molecule has 41 heavy (non-hydrogen) atoms. The van der Waals surface area contributed by atoms with Gasteiger partial charge in [-0.05, 0) is 80.4 Å². The molecule has 0 radical (unpaired) electrons. The summed E-state index contributed by atoms with van der Waals surface area (Å²) in [4.78, 5) is 42.2. The van der Waals surface area contributed by atoms with Crippen LogP contribution in [0.2, 0.25) is 0 Å². The number of amidine groups is 1. The number of nitrogen functional groups attached to an aromatic ring is 1. The lowest BCUT2D eigenvalue weighted by atomic mass is 10.00. The Hall–Kier alpha value is -4.29. The van der Waals surface area contributed by atoms with Crippen LogP contribution in [0.15, 0.2) is 60.7 Å². The van der Waals surface area contributed by atoms with Gasteiger partial charge in [0.1, 0.15) is 29.2 Å². The number of carbonyl (C=O) groups excluding carboxylic acids is 3. The van der Waals surface area contributed by atoms with Crippen molar-refractivity contribution in [2.24, 2.45) is 11.1 Å². The highest BCUT2D eigenvalue weighted by Crippen LogP contribution is 2.59. The van der Waals surface area contributed by atoms with Crippen LogP contribution in [-0.4, -0.2) is 58.8 Å². The summed E-state index contributed by atoms with van der Waals surface area (Å²) in [7, 11) is 0. The van der Waals surface area contributed by atoms with Crippen molar-refractivity contribution in [3.05, 3.63) is 81.8 Å². The Morgan fingerprint density at radius 1 is 1.12 bits per heavy atom. The van der Waals surface area contributed by atoms with E-state index in [1.807, 2.05) is 6.92 Å². The lowest BCUT2D eigenvalue weighted by Gasteiger charge is -2.28. The van der Waals surface area contributed by atoms with Crippen LogP contribution in [0, 0.1) is 16.6 Å². The summed E-state index contributed by atoms with van der Waals surface area (Å²) in [5, 5.41) is 23.1. The van der Waals surface area contributed by atoms with E-state index in [1.165, 1.54) is 40.5 Å². The molecule has 5 rings (SSSR count). The summed E-state index contributed by atoms with van der Waals surface area (Å²) >= 11 is 1.31. The van der Waals surface area contributed by atoms with E-state index in [2.05, 4.69) is 10.6 Å². The van der Waals surface area contributed by atoms with Gasteiger partial charge in [-0.2, -0.15) is 0 Å². The Bertz CT molecular complexity index is 1480. The van der Waals surface area contributed by atoms with Gasteiger partial charge in [-0.3, -0.25) is 19.8 Å². The van der Waals surface area contributed by atoms with Gasteiger partial charge in [0.05, 0.1) is 24.1 Å². The number of nitrogens with one attached hydrogen (secondary N) is 3. The third kappa shape index (κ3) is 5.93. The lowest BCUT2D eigenvalue weighted by Crippen LogP contribution is -2.51. The molecule has 1 aliphatic carbocycles. The molecule has 2 heterocycles. The normalized spacial score (nSPS) is 21.5. The maximum atomic E-state index is 13.3. The molecule has 10 nitrogen and oxygen atoms in total. The number of hydrogen-bond donors (Lipinski definition) is 5. The van der Waals surface area contributed by atoms with Gasteiger partial charge < -0.3 is 31.1 Å². The van der Waals surface area contributed by atoms with Crippen LogP contribution >= 0.6 is 11.3 Å². The predicted octanol–water partition coefficient (Wildman–Crippen LogP) is 2.92. The topological polar surface area (TPSA) is 158 Å². The van der Waals surface area contributed by atoms with Gasteiger partial charge in [0.15, 0.2) is 0 Å². The van der Waals surface area contributed by atoms with Crippen molar-refractivity contribution in [1.82, 2.24) is 15.5 Å². The van der Waals surface area contributed by atoms with E-state index < -0.39 is 23.3 Å². The number of nitrogens with two attached hydrogens (primary N) is 1. The minimum atomic E-state index is -0.775. The summed E-state index contributed by atoms with van der Waals surface area (Å²) in [6.07, 6.45) is 0.940. The summed E-state index contributed by atoms with van der Waals surface area (Å²) in [6.45, 7) is 1.37. The van der Waals surface area contributed by atoms with Crippen LogP contribution in [0.5, 0.6) is 11.5 Å². The smallest absolute Gasteiger partial charge is 0.251 e. The number of nitrogens with zero attached hydrogens (tertiary/aromatic N) is 1. The number of carbonyl (C=O) groups is 3. The van der Waals surface area contributed by atoms with Gasteiger partial charge >= 0.3 is 0 Å². The van der Waals surface area contributed by atoms with Crippen molar-refractivity contribution < 1.29 is 28.6 Å². The summed E-state index contributed by atoms with van der Waals surface area (Å²) in [5.74, 6) is -0.735. The highest BCUT2D eigenvalue weighted by atomic mass is 32.1. The SMILES string of the molecule is CC(NC(=O)[C@@H]1C[C@]2(CO)C[C@@H]2N1C(=O)CNC(=O)c1ccc(Oc2ccc(F)cc2)cc1)c1ccc(C(=N)N)s1. The van der Waals surface area contributed by atoms with Crippen LogP contribution in [-0.2, 0) is 9.59 Å². The second-order valence-electron chi connectivity index (χ2n) is 10.4. The van der Waals surface area contributed by atoms with Crippen LogP contribution < -0.4 is 21.1 Å². The molecule has 6 N–H and O–H groups in total. The first-order chi connectivity index (χ1) is 19.6. The van der Waals surface area contributed by atoms with Crippen LogP contribution in [0.3, 0.4) is 0 Å². The Morgan fingerprint density at radius 3 is 2.39 bits per heavy atom. The number of ether oxygens (including phenoxy) is 1. The molecule has 12 heteroatoms. The Labute approximate surface area is 239 Å². The first-order valence-corrected chi connectivity index (χ1v) is 13.9. The predicted molar refractivity (Wildman–Crippen MR) is 150 cm³/mol. The Balaban J connectivity index is 1.19. The number of amides is 3. The van der Waals surface area contributed by atoms with E-state index >= 15 is 0 Å². The van der Waals surface area contributed by atoms with Crippen molar-refractivity contribution in [3.8, 4) is 11.5 Å². The van der Waals surface area contributed by atoms with E-state index in [1.54, 1.807) is 36.4 Å². The molecule has 0 bridgehead atoms. The van der Waals surface area contributed by atoms with Crippen LogP contribution in [0.25, 0.3) is 0 Å². The minimum absolute atomic E-state index is 0.0476. The molecule has 4 atom stereocenters. The highest BCUT2D eigenvalue weighted by Gasteiger charge is 2.66. The second kappa shape index (κ2) is 11.3. The van der Waals surface area contributed by atoms with Gasteiger partial charge in [0.2, 0.25) is 11.8 Å². The maximum absolute atomic E-state index is 13.3. The molecule has 0 spiro atoms. The van der Waals surface area contributed by atoms with Gasteiger partial charge in [0.25, 0.3) is 5.91 Å². The van der Waals surface area contributed by atoms with Gasteiger partial charge in [-0.1, -0.05) is 0 Å². The monoisotopic (exact) mass is 579 g/mol. The quantitative estimate of drug-likeness (QED) is 0.184. The van der Waals surface area contributed by atoms with Crippen molar-refractivity contribution in [1.29, 1.82) is 5.41 Å². The third-order valence-electron chi connectivity index (χ3n) is 7.57. The lowest BCUT2D eigenvalue weighted by molar-refractivity contribution is -0.139. The van der Waals surface area contributed by atoms with E-state index in [0.717, 1.165) is 4.88 Å². The van der Waals surface area contributed by atoms with Gasteiger partial charge in [0, 0.05) is 21.9 Å². The fraction of sp³-hybridized carbons (Fsp3) is 0.310. The molecule has 1 aliphatic heterocycles. The Morgan fingerprint density at radius 2 is 1.78 bits per heavy atom. The van der Waals surface area contributed by atoms with Crippen molar-refractivity contribution in [2.75, 3.05) is 13.2 Å². The summed E-state index contributed by atoms with van der Waals surface area (Å²) < 4.78 is 18.7. The molecule has 3 amide bonds. The zero-order chi connectivity index (χ0) is 29.3. The average molecular weight is 580 g/mol. The fourth-order valence-electron chi connectivity index (χ4n) is 5.21. The minimum Gasteiger partial charge on any atom is -0.457 e. The standard InChI is InChI=1S/C29H30FN5O5S/c1-16(22-10-11-23(41-22)26(31)32)34-28(39)21-12-29(15-36)13-24(29)35(21)25(37)14-33-27(38)17-2-6-19(7-3-17)40-20-8-4-18(30)5-9-20/h2-11,16,21,24,36H,12-15H2,1H3,(H3,31,32)(H,33,38)(H,34,39)/t16?,21-,24-,29+/m0/s1. The molecule has 3 aromatic rings. The number of likely N-dealkylation sites (tertiary alicyclic amines) is 1. The number of hydrogen-bond acceptors (Lipinski definition) is 7. The van der Waals surface area contributed by atoms with E-state index in [0.29, 0.717) is 34.8 Å². The number of thiophene rings is 1. The van der Waals surface area contributed by atoms with Gasteiger partial charge in [-0.25, -0.2) is 4.39 Å². The second-order valence-corrected chi connectivity index (χ2v) is 11.5. The number of piperidine rings is 1. The molecule has 1 aromatic heterocycles. The number of aliphatic hydroxyl groups is 1. The highest BCUT2D eigenvalue weighted by molar-refractivity contribution is 7.14. The average Bonchev–Trinajstić information content (AvgIpc) is 3.30. The van der Waals surface area contributed by atoms with Crippen molar-refractivity contribution >= 4 is 34.9 Å². The van der Waals surface area contributed by atoms with E-state index in [9.17, 15) is 23.9 Å². The van der Waals surface area contributed by atoms with Crippen LogP contribution in [0.4, 0.5) is 4.39 Å². The maximum Gasteiger partial charge on any atom is 0.251 e. The fourth-order valence-corrected chi connectivity index (χ4v) is 6.09. The van der Waals surface area contributed by atoms with Crippen LogP contribution in [0.1, 0.15) is 45.9 Å². The first-order valence-electron chi connectivity index (χ1n) is 13.1. The Kier molecular flexibility index (Phi) is 7.78. The largest absolute Gasteiger partial charge is 0.457 e. The molecule has 2 aromatic carbocycles. The molecule has 2 aliphatic rings. The number of benzene rings is 2. The van der Waals surface area contributed by atoms with E-state index in [4.69, 9.17) is 15.9 Å². The zero-order valence-corrected chi connectivity index (χ0v) is 23.0. The molecule has 1 saturated carbocycles. The molecular formula is C29H30FN5O5S. The molecule has 2 fully saturated rings. The zero-order valence-electron chi connectivity index (χ0n) is 22.2. The van der Waals surface area contributed by atoms with Gasteiger partial charge in [-0.15, -0.1) is 11.3 Å². The summed E-state index contributed by atoms with van der Waals surface area (Å²) in [5.41, 5.74) is 5.36. The number of halogens is 1. The number of aliphatic hydroxyl groups excluding tert-OH is 1. The summed E-state index contributed by atoms with van der Waals surface area (Å²) in [6, 6.07) is 13.9. The number of fused-ring (bicyclic) bond motifs is 1. The molecular weight excluding hydrogens is 549 g/mol. The first kappa shape index (κ1) is 28.2. The van der Waals surface area contributed by atoms with Crippen molar-refractivity contribution in [3.63, 3.8) is 0 Å². The number of rotatable bonds is 10.